The highest BCUT2D eigenvalue weighted by atomic mass is 19.1. The number of fused-ring (bicyclic) bond motifs is 5. The standard InChI is InChI=1S/C25H27F2N5O2/c1-14(33)29-12-20(28-4)23(34)32(5)13-25-10-9-16(24(25,2)3)15-11-19(30-31-22(15)25)21-17(26)7-6-8-18(21)27/h6-8,11-12,16H,4,9-10,13H2,1-3,5H3,(H,29,33)/b20-12-/t16-,25-/m0/s1. The van der Waals surface area contributed by atoms with Crippen molar-refractivity contribution in [2.24, 2.45) is 10.4 Å². The molecule has 2 atom stereocenters. The minimum absolute atomic E-state index is 0.0242. The summed E-state index contributed by atoms with van der Waals surface area (Å²) in [4.78, 5) is 29.6. The molecule has 34 heavy (non-hydrogen) atoms. The van der Waals surface area contributed by atoms with Crippen LogP contribution in [0.3, 0.4) is 0 Å². The number of likely N-dealkylation sites (N-methyl/N-ethyl adjacent to an activating group) is 1. The molecule has 0 saturated heterocycles. The second-order valence-corrected chi connectivity index (χ2v) is 9.57. The van der Waals surface area contributed by atoms with E-state index in [0.29, 0.717) is 6.54 Å². The molecule has 1 aromatic carbocycles. The van der Waals surface area contributed by atoms with Crippen LogP contribution in [0.5, 0.6) is 0 Å². The molecule has 1 saturated carbocycles. The van der Waals surface area contributed by atoms with Crippen molar-refractivity contribution in [1.82, 2.24) is 20.4 Å². The molecule has 2 aromatic rings. The zero-order valence-electron chi connectivity index (χ0n) is 19.7. The number of amides is 2. The number of carbonyl (C=O) groups excluding carboxylic acids is 2. The van der Waals surface area contributed by atoms with Gasteiger partial charge in [-0.05, 0) is 54.7 Å². The van der Waals surface area contributed by atoms with Crippen LogP contribution in [-0.2, 0) is 15.0 Å². The lowest BCUT2D eigenvalue weighted by atomic mass is 9.68. The lowest BCUT2D eigenvalue weighted by molar-refractivity contribution is -0.127. The summed E-state index contributed by atoms with van der Waals surface area (Å²) in [6, 6.07) is 5.46. The van der Waals surface area contributed by atoms with Crippen LogP contribution >= 0.6 is 0 Å². The lowest BCUT2D eigenvalue weighted by Crippen LogP contribution is -2.47. The summed E-state index contributed by atoms with van der Waals surface area (Å²) in [5, 5.41) is 11.1. The van der Waals surface area contributed by atoms with Crippen LogP contribution in [0.25, 0.3) is 11.3 Å². The van der Waals surface area contributed by atoms with E-state index in [9.17, 15) is 18.4 Å². The first kappa shape index (κ1) is 23.7. The highest BCUT2D eigenvalue weighted by Crippen LogP contribution is 2.67. The summed E-state index contributed by atoms with van der Waals surface area (Å²) in [6.07, 6.45) is 2.90. The molecule has 0 spiro atoms. The Balaban J connectivity index is 1.71. The Bertz CT molecular complexity index is 1210. The van der Waals surface area contributed by atoms with Gasteiger partial charge in [-0.3, -0.25) is 14.6 Å². The van der Waals surface area contributed by atoms with E-state index in [1.54, 1.807) is 18.0 Å². The van der Waals surface area contributed by atoms with Crippen LogP contribution in [0.1, 0.15) is 50.8 Å². The summed E-state index contributed by atoms with van der Waals surface area (Å²) in [6.45, 7) is 9.38. The second kappa shape index (κ2) is 8.38. The Morgan fingerprint density at radius 1 is 1.29 bits per heavy atom. The Hall–Kier alpha value is -3.49. The van der Waals surface area contributed by atoms with Gasteiger partial charge in [-0.25, -0.2) is 8.78 Å². The number of aliphatic imine (C=N–C) groups is 1. The third-order valence-electron chi connectivity index (χ3n) is 7.49. The third-order valence-corrected chi connectivity index (χ3v) is 7.49. The lowest BCUT2D eigenvalue weighted by Gasteiger charge is -2.40. The molecule has 7 nitrogen and oxygen atoms in total. The molecule has 1 aromatic heterocycles. The average Bonchev–Trinajstić information content (AvgIpc) is 3.13. The number of nitrogens with one attached hydrogen (secondary N) is 1. The number of hydrogen-bond acceptors (Lipinski definition) is 5. The van der Waals surface area contributed by atoms with Gasteiger partial charge in [0, 0.05) is 32.1 Å². The first-order chi connectivity index (χ1) is 16.0. The van der Waals surface area contributed by atoms with Gasteiger partial charge in [0.2, 0.25) is 5.91 Å². The Morgan fingerprint density at radius 3 is 2.59 bits per heavy atom. The van der Waals surface area contributed by atoms with Crippen LogP contribution < -0.4 is 5.32 Å². The average molecular weight is 468 g/mol. The first-order valence-corrected chi connectivity index (χ1v) is 11.1. The molecule has 0 aliphatic heterocycles. The first-order valence-electron chi connectivity index (χ1n) is 11.1. The number of hydrogen-bond donors (Lipinski definition) is 1. The number of benzene rings is 1. The highest BCUT2D eigenvalue weighted by molar-refractivity contribution is 5.94. The maximum atomic E-state index is 14.4. The fraction of sp³-hybridized carbons (Fsp3) is 0.400. The Labute approximate surface area is 197 Å². The summed E-state index contributed by atoms with van der Waals surface area (Å²) >= 11 is 0. The van der Waals surface area contributed by atoms with Crippen LogP contribution in [0.2, 0.25) is 0 Å². The van der Waals surface area contributed by atoms with Crippen LogP contribution in [0.15, 0.2) is 41.2 Å². The Morgan fingerprint density at radius 2 is 1.97 bits per heavy atom. The van der Waals surface area contributed by atoms with E-state index < -0.39 is 17.0 Å². The molecule has 1 fully saturated rings. The molecular weight excluding hydrogens is 440 g/mol. The summed E-state index contributed by atoms with van der Waals surface area (Å²) in [7, 11) is 1.67. The van der Waals surface area contributed by atoms with Gasteiger partial charge in [0.1, 0.15) is 17.3 Å². The molecule has 4 rings (SSSR count). The van der Waals surface area contributed by atoms with Gasteiger partial charge in [-0.1, -0.05) is 19.9 Å². The molecule has 0 unspecified atom stereocenters. The third kappa shape index (κ3) is 3.50. The number of carbonyl (C=O) groups is 2. The smallest absolute Gasteiger partial charge is 0.273 e. The van der Waals surface area contributed by atoms with Crippen molar-refractivity contribution in [2.45, 2.75) is 44.9 Å². The van der Waals surface area contributed by atoms with Gasteiger partial charge in [-0.2, -0.15) is 10.2 Å². The predicted octanol–water partition coefficient (Wildman–Crippen LogP) is 3.71. The SMILES string of the molecule is C=N/C(=C\NC(C)=O)C(=O)N(C)C[C@@]12CC[C@@H](c3cc(-c4c(F)cccc4F)nnc31)C2(C)C. The van der Waals surface area contributed by atoms with Crippen molar-refractivity contribution in [1.29, 1.82) is 0 Å². The van der Waals surface area contributed by atoms with Crippen molar-refractivity contribution in [3.63, 3.8) is 0 Å². The van der Waals surface area contributed by atoms with Gasteiger partial charge < -0.3 is 10.2 Å². The fourth-order valence-electron chi connectivity index (χ4n) is 5.66. The summed E-state index contributed by atoms with van der Waals surface area (Å²) in [5.41, 5.74) is 0.910. The molecule has 2 aliphatic carbocycles. The van der Waals surface area contributed by atoms with Crippen molar-refractivity contribution in [3.8, 4) is 11.3 Å². The molecule has 0 radical (unpaired) electrons. The van der Waals surface area contributed by atoms with Crippen molar-refractivity contribution < 1.29 is 18.4 Å². The van der Waals surface area contributed by atoms with Crippen LogP contribution in [0, 0.1) is 17.0 Å². The van der Waals surface area contributed by atoms with E-state index in [0.717, 1.165) is 24.1 Å². The van der Waals surface area contributed by atoms with Crippen molar-refractivity contribution in [2.75, 3.05) is 13.6 Å². The zero-order valence-corrected chi connectivity index (χ0v) is 19.7. The molecule has 2 aliphatic rings. The predicted molar refractivity (Wildman–Crippen MR) is 124 cm³/mol. The number of rotatable bonds is 6. The van der Waals surface area contributed by atoms with Gasteiger partial charge in [0.05, 0.1) is 17.0 Å². The van der Waals surface area contributed by atoms with E-state index in [1.165, 1.54) is 31.3 Å². The highest BCUT2D eigenvalue weighted by Gasteiger charge is 2.63. The molecular formula is C25H27F2N5O2. The van der Waals surface area contributed by atoms with Gasteiger partial charge in [0.25, 0.3) is 5.91 Å². The van der Waals surface area contributed by atoms with E-state index in [-0.39, 0.29) is 40.1 Å². The van der Waals surface area contributed by atoms with Gasteiger partial charge in [-0.15, -0.1) is 0 Å². The monoisotopic (exact) mass is 467 g/mol. The van der Waals surface area contributed by atoms with E-state index in [2.05, 4.69) is 41.1 Å². The largest absolute Gasteiger partial charge is 0.339 e. The number of halogens is 2. The van der Waals surface area contributed by atoms with Gasteiger partial charge in [0.15, 0.2) is 0 Å². The normalized spacial score (nSPS) is 22.3. The maximum Gasteiger partial charge on any atom is 0.273 e. The maximum absolute atomic E-state index is 14.4. The molecule has 178 valence electrons. The summed E-state index contributed by atoms with van der Waals surface area (Å²) < 4.78 is 28.8. The van der Waals surface area contributed by atoms with Gasteiger partial charge >= 0.3 is 0 Å². The van der Waals surface area contributed by atoms with Crippen molar-refractivity contribution in [3.05, 3.63) is 59.1 Å². The number of aromatic nitrogens is 2. The van der Waals surface area contributed by atoms with Crippen LogP contribution in [0.4, 0.5) is 8.78 Å². The minimum atomic E-state index is -0.688. The van der Waals surface area contributed by atoms with Crippen molar-refractivity contribution >= 4 is 18.5 Å². The van der Waals surface area contributed by atoms with E-state index in [4.69, 9.17) is 0 Å². The fourth-order valence-corrected chi connectivity index (χ4v) is 5.66. The molecule has 2 bridgehead atoms. The van der Waals surface area contributed by atoms with E-state index >= 15 is 0 Å². The quantitative estimate of drug-likeness (QED) is 0.518. The van der Waals surface area contributed by atoms with E-state index in [1.807, 2.05) is 0 Å². The summed E-state index contributed by atoms with van der Waals surface area (Å²) in [5.74, 6) is -1.97. The molecule has 1 heterocycles. The minimum Gasteiger partial charge on any atom is -0.339 e. The van der Waals surface area contributed by atoms with Crippen LogP contribution in [-0.4, -0.2) is 47.2 Å². The Kier molecular flexibility index (Phi) is 5.83. The zero-order chi connectivity index (χ0) is 24.8. The molecule has 9 heteroatoms. The number of nitrogens with zero attached hydrogens (tertiary/aromatic N) is 4. The second-order valence-electron chi connectivity index (χ2n) is 9.57. The molecule has 1 N–H and O–H groups in total. The molecule has 2 amide bonds. The topological polar surface area (TPSA) is 87.5 Å².